The van der Waals surface area contributed by atoms with Crippen LogP contribution in [0.15, 0.2) is 18.2 Å². The monoisotopic (exact) mass is 347 g/mol. The molecule has 0 spiro atoms. The maximum atomic E-state index is 12.2. The molecule has 5 heteroatoms. The summed E-state index contributed by atoms with van der Waals surface area (Å²) in [5, 5.41) is 14.9. The second kappa shape index (κ2) is 8.56. The van der Waals surface area contributed by atoms with Crippen molar-refractivity contribution in [3.05, 3.63) is 23.8 Å². The molecule has 1 atom stereocenters. The van der Waals surface area contributed by atoms with E-state index in [1.165, 1.54) is 24.9 Å². The fourth-order valence-corrected chi connectivity index (χ4v) is 3.33. The van der Waals surface area contributed by atoms with Crippen molar-refractivity contribution in [2.45, 2.75) is 59.4 Å². The van der Waals surface area contributed by atoms with Crippen LogP contribution in [0.2, 0.25) is 0 Å². The highest BCUT2D eigenvalue weighted by molar-refractivity contribution is 5.90. The summed E-state index contributed by atoms with van der Waals surface area (Å²) in [7, 11) is 0. The Hall–Kier alpha value is -1.75. The molecule has 1 unspecified atom stereocenters. The second-order valence-electron chi connectivity index (χ2n) is 7.98. The summed E-state index contributed by atoms with van der Waals surface area (Å²) in [4.78, 5) is 14.6. The Balaban J connectivity index is 1.95. The molecule has 2 amide bonds. The second-order valence-corrected chi connectivity index (χ2v) is 7.98. The Bertz CT molecular complexity index is 586. The van der Waals surface area contributed by atoms with Gasteiger partial charge in [-0.25, -0.2) is 4.79 Å². The third-order valence-electron chi connectivity index (χ3n) is 5.11. The molecule has 0 bridgehead atoms. The normalized spacial score (nSPS) is 18.1. The SMILES string of the molecule is Cc1cc(N2CCCCC2C)ccc1NC(=O)NCC(C)(C)CCO. The highest BCUT2D eigenvalue weighted by Crippen LogP contribution is 2.28. The third-order valence-corrected chi connectivity index (χ3v) is 5.11. The van der Waals surface area contributed by atoms with Crippen molar-refractivity contribution >= 4 is 17.4 Å². The topological polar surface area (TPSA) is 64.6 Å². The number of carbonyl (C=O) groups is 1. The predicted octanol–water partition coefficient (Wildman–Crippen LogP) is 3.90. The van der Waals surface area contributed by atoms with Crippen LogP contribution in [0.25, 0.3) is 0 Å². The van der Waals surface area contributed by atoms with Crippen molar-refractivity contribution in [3.63, 3.8) is 0 Å². The molecule has 1 heterocycles. The number of amides is 2. The van der Waals surface area contributed by atoms with Crippen LogP contribution in [0.1, 0.15) is 52.0 Å². The number of aliphatic hydroxyl groups is 1. The van der Waals surface area contributed by atoms with Gasteiger partial charge in [-0.05, 0) is 68.7 Å². The van der Waals surface area contributed by atoms with E-state index in [1.54, 1.807) is 0 Å². The molecule has 25 heavy (non-hydrogen) atoms. The average Bonchev–Trinajstić information content (AvgIpc) is 2.55. The Kier molecular flexibility index (Phi) is 6.71. The van der Waals surface area contributed by atoms with Crippen molar-refractivity contribution in [2.75, 3.05) is 29.9 Å². The molecule has 0 saturated carbocycles. The van der Waals surface area contributed by atoms with Gasteiger partial charge in [-0.3, -0.25) is 0 Å². The third kappa shape index (κ3) is 5.63. The number of anilines is 2. The smallest absolute Gasteiger partial charge is 0.319 e. The first-order chi connectivity index (χ1) is 11.8. The lowest BCUT2D eigenvalue weighted by Gasteiger charge is -2.35. The number of piperidine rings is 1. The number of benzene rings is 1. The van der Waals surface area contributed by atoms with Crippen molar-refractivity contribution < 1.29 is 9.90 Å². The largest absolute Gasteiger partial charge is 0.396 e. The van der Waals surface area contributed by atoms with Gasteiger partial charge in [-0.1, -0.05) is 13.8 Å². The van der Waals surface area contributed by atoms with E-state index in [-0.39, 0.29) is 18.1 Å². The van der Waals surface area contributed by atoms with Gasteiger partial charge >= 0.3 is 6.03 Å². The van der Waals surface area contributed by atoms with E-state index in [4.69, 9.17) is 5.11 Å². The van der Waals surface area contributed by atoms with Crippen LogP contribution in [0.3, 0.4) is 0 Å². The average molecular weight is 348 g/mol. The minimum Gasteiger partial charge on any atom is -0.396 e. The maximum Gasteiger partial charge on any atom is 0.319 e. The summed E-state index contributed by atoms with van der Waals surface area (Å²) in [5.74, 6) is 0. The van der Waals surface area contributed by atoms with Crippen LogP contribution in [-0.4, -0.2) is 36.9 Å². The van der Waals surface area contributed by atoms with Crippen LogP contribution >= 0.6 is 0 Å². The fourth-order valence-electron chi connectivity index (χ4n) is 3.33. The van der Waals surface area contributed by atoms with E-state index in [0.29, 0.717) is 19.0 Å². The van der Waals surface area contributed by atoms with Gasteiger partial charge in [-0.15, -0.1) is 0 Å². The Morgan fingerprint density at radius 1 is 1.36 bits per heavy atom. The molecule has 0 aliphatic carbocycles. The first-order valence-corrected chi connectivity index (χ1v) is 9.35. The lowest BCUT2D eigenvalue weighted by atomic mass is 9.90. The summed E-state index contributed by atoms with van der Waals surface area (Å²) >= 11 is 0. The number of aryl methyl sites for hydroxylation is 1. The summed E-state index contributed by atoms with van der Waals surface area (Å²) in [5.41, 5.74) is 3.03. The van der Waals surface area contributed by atoms with Crippen molar-refractivity contribution in [1.29, 1.82) is 0 Å². The molecule has 1 aromatic carbocycles. The molecule has 2 rings (SSSR count). The molecule has 3 N–H and O–H groups in total. The molecule has 1 aliphatic rings. The van der Waals surface area contributed by atoms with Crippen LogP contribution in [0.5, 0.6) is 0 Å². The zero-order chi connectivity index (χ0) is 18.4. The number of carbonyl (C=O) groups excluding carboxylic acids is 1. The molecule has 0 aromatic heterocycles. The highest BCUT2D eigenvalue weighted by Gasteiger charge is 2.20. The van der Waals surface area contributed by atoms with Crippen LogP contribution in [0, 0.1) is 12.3 Å². The number of hydrogen-bond donors (Lipinski definition) is 3. The van der Waals surface area contributed by atoms with Crippen LogP contribution in [0.4, 0.5) is 16.2 Å². The molecule has 1 aromatic rings. The van der Waals surface area contributed by atoms with E-state index in [2.05, 4.69) is 34.6 Å². The first-order valence-electron chi connectivity index (χ1n) is 9.35. The Labute approximate surface area is 151 Å². The van der Waals surface area contributed by atoms with Crippen LogP contribution in [-0.2, 0) is 0 Å². The zero-order valence-electron chi connectivity index (χ0n) is 16.1. The molecule has 1 aliphatic heterocycles. The van der Waals surface area contributed by atoms with Crippen molar-refractivity contribution in [2.24, 2.45) is 5.41 Å². The number of nitrogens with zero attached hydrogens (tertiary/aromatic N) is 1. The minimum atomic E-state index is -0.201. The first kappa shape index (κ1) is 19.6. The van der Waals surface area contributed by atoms with E-state index < -0.39 is 0 Å². The number of hydrogen-bond acceptors (Lipinski definition) is 3. The standard InChI is InChI=1S/C20H33N3O2/c1-15-13-17(23-11-6-5-7-16(23)2)8-9-18(15)22-19(25)21-14-20(3,4)10-12-24/h8-9,13,16,24H,5-7,10-12,14H2,1-4H3,(H2,21,22,25). The molecular formula is C20H33N3O2. The van der Waals surface area contributed by atoms with Gasteiger partial charge in [0.15, 0.2) is 0 Å². The number of nitrogens with one attached hydrogen (secondary N) is 2. The summed E-state index contributed by atoms with van der Waals surface area (Å²) in [6.07, 6.45) is 4.46. The predicted molar refractivity (Wildman–Crippen MR) is 104 cm³/mol. The van der Waals surface area contributed by atoms with E-state index in [0.717, 1.165) is 17.8 Å². The molecule has 140 valence electrons. The summed E-state index contributed by atoms with van der Waals surface area (Å²) < 4.78 is 0. The van der Waals surface area contributed by atoms with Gasteiger partial charge in [0.25, 0.3) is 0 Å². The lowest BCUT2D eigenvalue weighted by Crippen LogP contribution is -2.38. The molecule has 0 radical (unpaired) electrons. The maximum absolute atomic E-state index is 12.2. The summed E-state index contributed by atoms with van der Waals surface area (Å²) in [6, 6.07) is 6.62. The van der Waals surface area contributed by atoms with Gasteiger partial charge in [0.2, 0.25) is 0 Å². The van der Waals surface area contributed by atoms with E-state index in [9.17, 15) is 4.79 Å². The highest BCUT2D eigenvalue weighted by atomic mass is 16.3. The van der Waals surface area contributed by atoms with Gasteiger partial charge in [0.05, 0.1) is 0 Å². The van der Waals surface area contributed by atoms with Crippen molar-refractivity contribution in [1.82, 2.24) is 5.32 Å². The van der Waals surface area contributed by atoms with Crippen LogP contribution < -0.4 is 15.5 Å². The Morgan fingerprint density at radius 3 is 2.76 bits per heavy atom. The molecule has 5 nitrogen and oxygen atoms in total. The Morgan fingerprint density at radius 2 is 2.12 bits per heavy atom. The van der Waals surface area contributed by atoms with Crippen molar-refractivity contribution in [3.8, 4) is 0 Å². The lowest BCUT2D eigenvalue weighted by molar-refractivity contribution is 0.204. The van der Waals surface area contributed by atoms with E-state index in [1.807, 2.05) is 26.8 Å². The fraction of sp³-hybridized carbons (Fsp3) is 0.650. The van der Waals surface area contributed by atoms with Gasteiger partial charge < -0.3 is 20.6 Å². The quantitative estimate of drug-likeness (QED) is 0.731. The van der Waals surface area contributed by atoms with Gasteiger partial charge in [0.1, 0.15) is 0 Å². The zero-order valence-corrected chi connectivity index (χ0v) is 16.1. The van der Waals surface area contributed by atoms with Gasteiger partial charge in [-0.2, -0.15) is 0 Å². The van der Waals surface area contributed by atoms with E-state index >= 15 is 0 Å². The van der Waals surface area contributed by atoms with Gasteiger partial charge in [0, 0.05) is 37.1 Å². The molecule has 1 saturated heterocycles. The summed E-state index contributed by atoms with van der Waals surface area (Å²) in [6.45, 7) is 10.1. The number of aliphatic hydroxyl groups excluding tert-OH is 1. The minimum absolute atomic E-state index is 0.116. The number of rotatable bonds is 6. The molecular weight excluding hydrogens is 314 g/mol. The molecule has 1 fully saturated rings. The number of urea groups is 1.